The second-order valence-corrected chi connectivity index (χ2v) is 8.23. The molecule has 2 unspecified atom stereocenters. The molecule has 27 heavy (non-hydrogen) atoms. The minimum Gasteiger partial charge on any atom is -0.491 e. The van der Waals surface area contributed by atoms with Crippen LogP contribution in [-0.4, -0.2) is 48.5 Å². The van der Waals surface area contributed by atoms with Gasteiger partial charge in [-0.1, -0.05) is 39.7 Å². The zero-order valence-corrected chi connectivity index (χ0v) is 17.5. The van der Waals surface area contributed by atoms with Crippen LogP contribution in [0, 0.1) is 0 Å². The first-order valence-corrected chi connectivity index (χ1v) is 10.4. The van der Waals surface area contributed by atoms with Gasteiger partial charge in [-0.3, -0.25) is 4.90 Å². The fourth-order valence-electron chi connectivity index (χ4n) is 3.20. The Labute approximate surface area is 174 Å². The molecule has 0 radical (unpaired) electrons. The van der Waals surface area contributed by atoms with Crippen LogP contribution in [0.4, 0.5) is 0 Å². The van der Waals surface area contributed by atoms with Crippen LogP contribution < -0.4 is 4.74 Å². The zero-order chi connectivity index (χ0) is 19.1. The lowest BCUT2D eigenvalue weighted by Gasteiger charge is -2.27. The molecule has 2 atom stereocenters. The van der Waals surface area contributed by atoms with Gasteiger partial charge in [0.25, 0.3) is 0 Å². The molecule has 0 aromatic heterocycles. The Morgan fingerprint density at radius 3 is 2.59 bits per heavy atom. The highest BCUT2D eigenvalue weighted by Gasteiger charge is 2.21. The summed E-state index contributed by atoms with van der Waals surface area (Å²) >= 11 is 9.39. The van der Waals surface area contributed by atoms with Gasteiger partial charge in [-0.25, -0.2) is 0 Å². The summed E-state index contributed by atoms with van der Waals surface area (Å²) in [6.45, 7) is 3.16. The minimum atomic E-state index is -0.581. The lowest BCUT2D eigenvalue weighted by molar-refractivity contribution is 0.0313. The molecular formula is C21H25BrClNO3. The van der Waals surface area contributed by atoms with Crippen molar-refractivity contribution in [3.05, 3.63) is 63.6 Å². The summed E-state index contributed by atoms with van der Waals surface area (Å²) in [5.74, 6) is 0.751. The standard InChI is InChI=1S/C21H25BrClNO3/c22-17-5-9-20(10-6-17)27-15-19(25)13-24(14-21-2-1-11-26-21)12-16-3-7-18(23)8-4-16/h3-10,19,21,25H,1-2,11-15H2. The SMILES string of the molecule is OC(COc1ccc(Br)cc1)CN(Cc1ccc(Cl)cc1)CC1CCCO1. The second kappa shape index (κ2) is 10.4. The fourth-order valence-corrected chi connectivity index (χ4v) is 3.59. The number of aliphatic hydroxyl groups excluding tert-OH is 1. The van der Waals surface area contributed by atoms with Crippen molar-refractivity contribution in [3.8, 4) is 5.75 Å². The average molecular weight is 455 g/mol. The Morgan fingerprint density at radius 1 is 1.19 bits per heavy atom. The number of hydrogen-bond donors (Lipinski definition) is 1. The second-order valence-electron chi connectivity index (χ2n) is 6.87. The zero-order valence-electron chi connectivity index (χ0n) is 15.2. The third kappa shape index (κ3) is 7.09. The Balaban J connectivity index is 1.55. The Bertz CT molecular complexity index is 690. The molecule has 1 fully saturated rings. The molecule has 6 heteroatoms. The van der Waals surface area contributed by atoms with Gasteiger partial charge in [0.1, 0.15) is 18.5 Å². The van der Waals surface area contributed by atoms with Crippen LogP contribution in [0.25, 0.3) is 0 Å². The summed E-state index contributed by atoms with van der Waals surface area (Å²) in [6, 6.07) is 15.5. The third-order valence-corrected chi connectivity index (χ3v) is 5.31. The topological polar surface area (TPSA) is 41.9 Å². The first-order chi connectivity index (χ1) is 13.1. The smallest absolute Gasteiger partial charge is 0.119 e. The molecule has 1 aliphatic rings. The van der Waals surface area contributed by atoms with Gasteiger partial charge in [-0.2, -0.15) is 0 Å². The van der Waals surface area contributed by atoms with Crippen LogP contribution in [0.2, 0.25) is 5.02 Å². The molecule has 2 aromatic carbocycles. The quantitative estimate of drug-likeness (QED) is 0.605. The molecule has 4 nitrogen and oxygen atoms in total. The van der Waals surface area contributed by atoms with Gasteiger partial charge >= 0.3 is 0 Å². The Morgan fingerprint density at radius 2 is 1.93 bits per heavy atom. The van der Waals surface area contributed by atoms with Crippen molar-refractivity contribution in [2.24, 2.45) is 0 Å². The maximum absolute atomic E-state index is 10.5. The molecule has 0 aliphatic carbocycles. The number of halogens is 2. The number of ether oxygens (including phenoxy) is 2. The summed E-state index contributed by atoms with van der Waals surface area (Å²) in [4.78, 5) is 2.23. The van der Waals surface area contributed by atoms with Crippen molar-refractivity contribution >= 4 is 27.5 Å². The maximum atomic E-state index is 10.5. The lowest BCUT2D eigenvalue weighted by Crippen LogP contribution is -2.39. The van der Waals surface area contributed by atoms with Gasteiger partial charge in [-0.05, 0) is 54.8 Å². The van der Waals surface area contributed by atoms with Gasteiger partial charge in [0.2, 0.25) is 0 Å². The number of benzene rings is 2. The maximum Gasteiger partial charge on any atom is 0.119 e. The van der Waals surface area contributed by atoms with Crippen LogP contribution in [0.1, 0.15) is 18.4 Å². The first kappa shape index (κ1) is 20.6. The normalized spacial score (nSPS) is 18.0. The molecule has 1 aliphatic heterocycles. The van der Waals surface area contributed by atoms with Crippen molar-refractivity contribution < 1.29 is 14.6 Å². The molecule has 1 heterocycles. The van der Waals surface area contributed by atoms with E-state index in [0.717, 1.165) is 47.8 Å². The van der Waals surface area contributed by atoms with E-state index < -0.39 is 6.10 Å². The highest BCUT2D eigenvalue weighted by molar-refractivity contribution is 9.10. The summed E-state index contributed by atoms with van der Waals surface area (Å²) in [6.07, 6.45) is 1.83. The molecular weight excluding hydrogens is 430 g/mol. The van der Waals surface area contributed by atoms with Crippen molar-refractivity contribution in [2.75, 3.05) is 26.3 Å². The van der Waals surface area contributed by atoms with E-state index in [1.54, 1.807) is 0 Å². The molecule has 146 valence electrons. The molecule has 2 aromatic rings. The predicted molar refractivity (Wildman–Crippen MR) is 111 cm³/mol. The summed E-state index contributed by atoms with van der Waals surface area (Å²) in [5.41, 5.74) is 1.17. The van der Waals surface area contributed by atoms with Crippen LogP contribution in [0.15, 0.2) is 53.0 Å². The first-order valence-electron chi connectivity index (χ1n) is 9.23. The molecule has 0 bridgehead atoms. The Kier molecular flexibility index (Phi) is 7.97. The van der Waals surface area contributed by atoms with E-state index in [2.05, 4.69) is 20.8 Å². The highest BCUT2D eigenvalue weighted by atomic mass is 79.9. The van der Waals surface area contributed by atoms with Crippen molar-refractivity contribution in [3.63, 3.8) is 0 Å². The van der Waals surface area contributed by atoms with E-state index >= 15 is 0 Å². The van der Waals surface area contributed by atoms with E-state index in [1.807, 2.05) is 48.5 Å². The van der Waals surface area contributed by atoms with E-state index in [0.29, 0.717) is 6.54 Å². The van der Waals surface area contributed by atoms with Crippen LogP contribution in [0.3, 0.4) is 0 Å². The molecule has 0 saturated carbocycles. The number of nitrogens with zero attached hydrogens (tertiary/aromatic N) is 1. The molecule has 3 rings (SSSR count). The van der Waals surface area contributed by atoms with E-state index in [4.69, 9.17) is 21.1 Å². The van der Waals surface area contributed by atoms with Crippen LogP contribution >= 0.6 is 27.5 Å². The average Bonchev–Trinajstić information content (AvgIpc) is 3.16. The fraction of sp³-hybridized carbons (Fsp3) is 0.429. The summed E-state index contributed by atoms with van der Waals surface area (Å²) in [5, 5.41) is 11.2. The van der Waals surface area contributed by atoms with E-state index in [1.165, 1.54) is 5.56 Å². The van der Waals surface area contributed by atoms with Gasteiger partial charge in [0.15, 0.2) is 0 Å². The van der Waals surface area contributed by atoms with E-state index in [9.17, 15) is 5.11 Å². The summed E-state index contributed by atoms with van der Waals surface area (Å²) < 4.78 is 12.5. The van der Waals surface area contributed by atoms with Crippen LogP contribution in [0.5, 0.6) is 5.75 Å². The molecule has 0 amide bonds. The largest absolute Gasteiger partial charge is 0.491 e. The Hall–Kier alpha value is -1.11. The van der Waals surface area contributed by atoms with Crippen molar-refractivity contribution in [2.45, 2.75) is 31.6 Å². The lowest BCUT2D eigenvalue weighted by atomic mass is 10.1. The van der Waals surface area contributed by atoms with Gasteiger partial charge in [0, 0.05) is 35.7 Å². The third-order valence-electron chi connectivity index (χ3n) is 4.53. The molecule has 0 spiro atoms. The number of hydrogen-bond acceptors (Lipinski definition) is 4. The minimum absolute atomic E-state index is 0.233. The number of aliphatic hydroxyl groups is 1. The predicted octanol–water partition coefficient (Wildman–Crippen LogP) is 4.52. The van der Waals surface area contributed by atoms with Gasteiger partial charge in [0.05, 0.1) is 6.10 Å². The van der Waals surface area contributed by atoms with Crippen LogP contribution in [-0.2, 0) is 11.3 Å². The summed E-state index contributed by atoms with van der Waals surface area (Å²) in [7, 11) is 0. The van der Waals surface area contributed by atoms with Gasteiger partial charge in [-0.15, -0.1) is 0 Å². The highest BCUT2D eigenvalue weighted by Crippen LogP contribution is 2.18. The monoisotopic (exact) mass is 453 g/mol. The van der Waals surface area contributed by atoms with Gasteiger partial charge < -0.3 is 14.6 Å². The van der Waals surface area contributed by atoms with Crippen molar-refractivity contribution in [1.29, 1.82) is 0 Å². The van der Waals surface area contributed by atoms with E-state index in [-0.39, 0.29) is 12.7 Å². The van der Waals surface area contributed by atoms with Crippen molar-refractivity contribution in [1.82, 2.24) is 4.90 Å². The molecule has 1 N–H and O–H groups in total. The molecule has 1 saturated heterocycles. The number of rotatable bonds is 9.